The van der Waals surface area contributed by atoms with Crippen LogP contribution in [0.25, 0.3) is 0 Å². The maximum Gasteiger partial charge on any atom is 0.374 e. The second kappa shape index (κ2) is 5.71. The maximum atomic E-state index is 10.7. The lowest BCUT2D eigenvalue weighted by molar-refractivity contribution is -0.151. The van der Waals surface area contributed by atoms with Crippen LogP contribution in [-0.4, -0.2) is 24.1 Å². The molecule has 68 valence electrons. The van der Waals surface area contributed by atoms with Crippen molar-refractivity contribution in [2.24, 2.45) is 0 Å². The molecular formula is C7H9ClO4. The number of esters is 1. The number of ketones is 1. The predicted octanol–water partition coefficient (Wildman–Crippen LogP) is 0.664. The van der Waals surface area contributed by atoms with Crippen LogP contribution >= 0.6 is 11.6 Å². The first-order valence-corrected chi connectivity index (χ1v) is 3.75. The van der Waals surface area contributed by atoms with Crippen molar-refractivity contribution in [2.75, 3.05) is 7.11 Å². The molecule has 0 amide bonds. The highest BCUT2D eigenvalue weighted by atomic mass is 35.5. The molecular weight excluding hydrogens is 184 g/mol. The Balaban J connectivity index is 3.58. The number of ether oxygens (including phenoxy) is 1. The zero-order chi connectivity index (χ0) is 9.56. The Morgan fingerprint density at radius 3 is 2.25 bits per heavy atom. The lowest BCUT2D eigenvalue weighted by Crippen LogP contribution is -2.15. The second-order valence-corrected chi connectivity index (χ2v) is 2.54. The molecule has 0 rings (SSSR count). The molecule has 0 bridgehead atoms. The van der Waals surface area contributed by atoms with Crippen molar-refractivity contribution in [3.8, 4) is 0 Å². The van der Waals surface area contributed by atoms with Crippen molar-refractivity contribution < 1.29 is 19.1 Å². The molecule has 0 N–H and O–H groups in total. The van der Waals surface area contributed by atoms with Gasteiger partial charge in [-0.25, -0.2) is 4.79 Å². The number of carbonyl (C=O) groups excluding carboxylic acids is 3. The zero-order valence-electron chi connectivity index (χ0n) is 6.63. The van der Waals surface area contributed by atoms with Gasteiger partial charge in [0.25, 0.3) is 0 Å². The van der Waals surface area contributed by atoms with Crippen LogP contribution in [0, 0.1) is 0 Å². The van der Waals surface area contributed by atoms with Crippen molar-refractivity contribution in [1.29, 1.82) is 0 Å². The van der Waals surface area contributed by atoms with E-state index in [9.17, 15) is 14.4 Å². The van der Waals surface area contributed by atoms with Gasteiger partial charge < -0.3 is 4.74 Å². The Kier molecular flexibility index (Phi) is 5.28. The van der Waals surface area contributed by atoms with Crippen molar-refractivity contribution in [3.63, 3.8) is 0 Å². The fourth-order valence-electron chi connectivity index (χ4n) is 0.604. The largest absolute Gasteiger partial charge is 0.463 e. The van der Waals surface area contributed by atoms with Gasteiger partial charge in [0.05, 0.1) is 7.11 Å². The maximum absolute atomic E-state index is 10.7. The summed E-state index contributed by atoms with van der Waals surface area (Å²) in [4.78, 5) is 31.4. The average molecular weight is 193 g/mol. The number of rotatable bonds is 5. The lowest BCUT2D eigenvalue weighted by Gasteiger charge is -1.95. The van der Waals surface area contributed by atoms with E-state index >= 15 is 0 Å². The molecule has 5 heteroatoms. The summed E-state index contributed by atoms with van der Waals surface area (Å²) in [6.07, 6.45) is 0.395. The van der Waals surface area contributed by atoms with E-state index in [0.29, 0.717) is 0 Å². The van der Waals surface area contributed by atoms with Crippen LogP contribution in [0.1, 0.15) is 19.3 Å². The van der Waals surface area contributed by atoms with Crippen molar-refractivity contribution in [3.05, 3.63) is 0 Å². The fraction of sp³-hybridized carbons (Fsp3) is 0.571. The Bertz CT molecular complexity index is 200. The molecule has 0 atom stereocenters. The summed E-state index contributed by atoms with van der Waals surface area (Å²) in [7, 11) is 1.13. The average Bonchev–Trinajstić information content (AvgIpc) is 2.02. The number of hydrogen-bond donors (Lipinski definition) is 0. The third-order valence-corrected chi connectivity index (χ3v) is 1.38. The molecule has 0 radical (unpaired) electrons. The number of methoxy groups -OCH3 is 1. The van der Waals surface area contributed by atoms with Gasteiger partial charge in [-0.3, -0.25) is 9.59 Å². The molecule has 0 aromatic carbocycles. The summed E-state index contributed by atoms with van der Waals surface area (Å²) < 4.78 is 4.16. The molecule has 4 nitrogen and oxygen atoms in total. The molecule has 0 spiro atoms. The van der Waals surface area contributed by atoms with Crippen LogP contribution in [0.15, 0.2) is 0 Å². The van der Waals surface area contributed by atoms with Crippen LogP contribution in [0.2, 0.25) is 0 Å². The minimum absolute atomic E-state index is 0.00509. The number of halogens is 1. The highest BCUT2D eigenvalue weighted by molar-refractivity contribution is 6.63. The lowest BCUT2D eigenvalue weighted by atomic mass is 10.2. The first-order valence-electron chi connectivity index (χ1n) is 3.37. The highest BCUT2D eigenvalue weighted by Crippen LogP contribution is 2.00. The topological polar surface area (TPSA) is 60.4 Å². The summed E-state index contributed by atoms with van der Waals surface area (Å²) in [6.45, 7) is 0. The molecule has 0 aliphatic carbocycles. The van der Waals surface area contributed by atoms with Gasteiger partial charge in [-0.05, 0) is 18.0 Å². The molecule has 0 heterocycles. The molecule has 0 fully saturated rings. The standard InChI is InChI=1S/C7H9ClO4/c1-12-7(11)5(9)3-2-4-6(8)10/h2-4H2,1H3. The van der Waals surface area contributed by atoms with Crippen LogP contribution in [0.5, 0.6) is 0 Å². The van der Waals surface area contributed by atoms with Gasteiger partial charge >= 0.3 is 5.97 Å². The Morgan fingerprint density at radius 1 is 1.25 bits per heavy atom. The Hall–Kier alpha value is -0.900. The van der Waals surface area contributed by atoms with E-state index in [4.69, 9.17) is 11.6 Å². The fourth-order valence-corrected chi connectivity index (χ4v) is 0.737. The summed E-state index contributed by atoms with van der Waals surface area (Å²) in [5, 5.41) is -0.507. The molecule has 0 aromatic rings. The Labute approximate surface area is 74.8 Å². The summed E-state index contributed by atoms with van der Waals surface area (Å²) in [6, 6.07) is 0. The third kappa shape index (κ3) is 4.85. The summed E-state index contributed by atoms with van der Waals surface area (Å²) in [5.74, 6) is -1.51. The molecule has 0 saturated heterocycles. The van der Waals surface area contributed by atoms with Crippen molar-refractivity contribution in [1.82, 2.24) is 0 Å². The van der Waals surface area contributed by atoms with E-state index in [1.165, 1.54) is 0 Å². The molecule has 0 unspecified atom stereocenters. The van der Waals surface area contributed by atoms with Crippen molar-refractivity contribution >= 4 is 28.6 Å². The Morgan fingerprint density at radius 2 is 1.83 bits per heavy atom. The summed E-state index contributed by atoms with van der Waals surface area (Å²) in [5.41, 5.74) is 0. The first kappa shape index (κ1) is 11.1. The van der Waals surface area contributed by atoms with Crippen LogP contribution in [0.4, 0.5) is 0 Å². The van der Waals surface area contributed by atoms with Gasteiger partial charge in [0.2, 0.25) is 11.0 Å². The van der Waals surface area contributed by atoms with Crippen LogP contribution in [0.3, 0.4) is 0 Å². The smallest absolute Gasteiger partial charge is 0.374 e. The van der Waals surface area contributed by atoms with Crippen LogP contribution in [-0.2, 0) is 19.1 Å². The van der Waals surface area contributed by atoms with Gasteiger partial charge in [-0.1, -0.05) is 0 Å². The van der Waals surface area contributed by atoms with Crippen LogP contribution < -0.4 is 0 Å². The van der Waals surface area contributed by atoms with Gasteiger partial charge in [-0.15, -0.1) is 0 Å². The van der Waals surface area contributed by atoms with Gasteiger partial charge in [-0.2, -0.15) is 0 Å². The molecule has 12 heavy (non-hydrogen) atoms. The quantitative estimate of drug-likeness (QED) is 0.365. The van der Waals surface area contributed by atoms with E-state index in [0.717, 1.165) is 7.11 Å². The summed E-state index contributed by atoms with van der Waals surface area (Å²) >= 11 is 5.01. The van der Waals surface area contributed by atoms with Gasteiger partial charge in [0, 0.05) is 12.8 Å². The van der Waals surface area contributed by atoms with Gasteiger partial charge in [0.15, 0.2) is 0 Å². The van der Waals surface area contributed by atoms with Gasteiger partial charge in [0.1, 0.15) is 0 Å². The molecule has 0 aliphatic rings. The molecule has 0 aromatic heterocycles. The number of hydrogen-bond acceptors (Lipinski definition) is 4. The minimum atomic E-state index is -0.878. The second-order valence-electron chi connectivity index (χ2n) is 2.12. The minimum Gasteiger partial charge on any atom is -0.463 e. The number of Topliss-reactive ketones (excluding diaryl/α,β-unsaturated/α-hetero) is 1. The highest BCUT2D eigenvalue weighted by Gasteiger charge is 2.13. The SMILES string of the molecule is COC(=O)C(=O)CCCC(=O)Cl. The van der Waals surface area contributed by atoms with E-state index in [1.807, 2.05) is 0 Å². The first-order chi connectivity index (χ1) is 5.57. The number of carbonyl (C=O) groups is 3. The van der Waals surface area contributed by atoms with E-state index in [1.54, 1.807) is 0 Å². The molecule has 0 aliphatic heterocycles. The van der Waals surface area contributed by atoms with Crippen molar-refractivity contribution in [2.45, 2.75) is 19.3 Å². The zero-order valence-corrected chi connectivity index (χ0v) is 7.39. The third-order valence-electron chi connectivity index (χ3n) is 1.19. The normalized spacial score (nSPS) is 9.17. The predicted molar refractivity (Wildman–Crippen MR) is 41.7 cm³/mol. The van der Waals surface area contributed by atoms with E-state index < -0.39 is 17.0 Å². The monoisotopic (exact) mass is 192 g/mol. The van der Waals surface area contributed by atoms with E-state index in [2.05, 4.69) is 4.74 Å². The molecule has 0 saturated carbocycles. The van der Waals surface area contributed by atoms with E-state index in [-0.39, 0.29) is 19.3 Å².